The van der Waals surface area contributed by atoms with E-state index in [1.165, 1.54) is 11.1 Å². The van der Waals surface area contributed by atoms with Crippen LogP contribution < -0.4 is 5.32 Å². The molecule has 1 heterocycles. The van der Waals surface area contributed by atoms with Crippen LogP contribution in [0.25, 0.3) is 0 Å². The molecule has 122 valence electrons. The molecule has 1 aromatic carbocycles. The van der Waals surface area contributed by atoms with Gasteiger partial charge < -0.3 is 10.1 Å². The highest BCUT2D eigenvalue weighted by Crippen LogP contribution is 2.51. The Balaban J connectivity index is 0.00000176. The molecule has 4 heteroatoms. The van der Waals surface area contributed by atoms with Gasteiger partial charge in [-0.15, -0.1) is 17.0 Å². The highest BCUT2D eigenvalue weighted by Gasteiger charge is 2.54. The molecule has 3 nitrogen and oxygen atoms in total. The summed E-state index contributed by atoms with van der Waals surface area (Å²) < 4.78 is 5.28. The summed E-state index contributed by atoms with van der Waals surface area (Å²) in [6.07, 6.45) is 4.84. The first-order valence-corrected chi connectivity index (χ1v) is 8.10. The second-order valence-corrected chi connectivity index (χ2v) is 6.58. The Morgan fingerprint density at radius 1 is 1.32 bits per heavy atom. The average molecular weight is 368 g/mol. The largest absolute Gasteiger partial charge is 0.466 e. The van der Waals surface area contributed by atoms with Gasteiger partial charge in [-0.3, -0.25) is 4.79 Å². The number of aryl methyl sites for hydroxylation is 1. The summed E-state index contributed by atoms with van der Waals surface area (Å²) in [5, 5.41) is 3.72. The minimum absolute atomic E-state index is 0. The van der Waals surface area contributed by atoms with E-state index in [2.05, 4.69) is 36.5 Å². The summed E-state index contributed by atoms with van der Waals surface area (Å²) >= 11 is 0. The molecule has 3 rings (SSSR count). The van der Waals surface area contributed by atoms with Crippen molar-refractivity contribution in [2.24, 2.45) is 0 Å². The van der Waals surface area contributed by atoms with Gasteiger partial charge in [-0.05, 0) is 57.2 Å². The number of nitrogens with one attached hydrogen (secondary N) is 1. The van der Waals surface area contributed by atoms with Crippen LogP contribution in [0.5, 0.6) is 0 Å². The molecule has 1 aliphatic carbocycles. The van der Waals surface area contributed by atoms with Gasteiger partial charge in [-0.25, -0.2) is 0 Å². The number of esters is 1. The van der Waals surface area contributed by atoms with E-state index in [-0.39, 0.29) is 33.9 Å². The zero-order valence-electron chi connectivity index (χ0n) is 13.5. The molecule has 1 aromatic rings. The third kappa shape index (κ3) is 2.71. The molecule has 2 unspecified atom stereocenters. The van der Waals surface area contributed by atoms with Gasteiger partial charge in [0.05, 0.1) is 13.0 Å². The Bertz CT molecular complexity index is 548. The normalized spacial score (nSPS) is 29.7. The molecule has 0 amide bonds. The molecule has 1 saturated heterocycles. The summed E-state index contributed by atoms with van der Waals surface area (Å²) in [6.45, 7) is 5.67. The minimum atomic E-state index is -0.119. The van der Waals surface area contributed by atoms with Gasteiger partial charge in [-0.2, -0.15) is 0 Å². The molecule has 0 radical (unpaired) electrons. The lowest BCUT2D eigenvalue weighted by molar-refractivity contribution is -0.146. The molecule has 0 saturated carbocycles. The standard InChI is InChI=1S/C18H25NO2.BrH/c1-3-21-16(20)13-18-10-6-12-19-17(18,2)11-9-14-7-4-5-8-15(14)18;/h4-5,7-8,19H,3,6,9-13H2,1-2H3;1H. The summed E-state index contributed by atoms with van der Waals surface area (Å²) in [5.41, 5.74) is 2.64. The van der Waals surface area contributed by atoms with Crippen LogP contribution >= 0.6 is 17.0 Å². The summed E-state index contributed by atoms with van der Waals surface area (Å²) in [5.74, 6) is -0.0656. The molecule has 0 spiro atoms. The quantitative estimate of drug-likeness (QED) is 0.830. The Labute approximate surface area is 143 Å². The van der Waals surface area contributed by atoms with E-state index in [4.69, 9.17) is 4.74 Å². The molecule has 1 fully saturated rings. The van der Waals surface area contributed by atoms with Crippen LogP contribution in [0.15, 0.2) is 24.3 Å². The number of hydrogen-bond acceptors (Lipinski definition) is 3. The van der Waals surface area contributed by atoms with Gasteiger partial charge in [0.15, 0.2) is 0 Å². The van der Waals surface area contributed by atoms with Crippen molar-refractivity contribution in [2.45, 2.75) is 56.9 Å². The molecular weight excluding hydrogens is 342 g/mol. The van der Waals surface area contributed by atoms with Crippen LogP contribution in [-0.4, -0.2) is 24.7 Å². The maximum atomic E-state index is 12.3. The van der Waals surface area contributed by atoms with Gasteiger partial charge in [-0.1, -0.05) is 24.3 Å². The Kier molecular flexibility index (Phi) is 5.33. The second kappa shape index (κ2) is 6.71. The van der Waals surface area contributed by atoms with Crippen molar-refractivity contribution in [3.63, 3.8) is 0 Å². The average Bonchev–Trinajstić information content (AvgIpc) is 2.48. The number of benzene rings is 1. The van der Waals surface area contributed by atoms with E-state index in [9.17, 15) is 4.79 Å². The lowest BCUT2D eigenvalue weighted by Crippen LogP contribution is -2.64. The first-order valence-electron chi connectivity index (χ1n) is 8.10. The summed E-state index contributed by atoms with van der Waals surface area (Å²) in [4.78, 5) is 12.3. The van der Waals surface area contributed by atoms with Crippen LogP contribution in [0.2, 0.25) is 0 Å². The first-order chi connectivity index (χ1) is 10.1. The third-order valence-corrected chi connectivity index (χ3v) is 5.53. The Morgan fingerprint density at radius 2 is 2.09 bits per heavy atom. The Morgan fingerprint density at radius 3 is 2.86 bits per heavy atom. The van der Waals surface area contributed by atoms with Crippen LogP contribution in [0.3, 0.4) is 0 Å². The molecule has 22 heavy (non-hydrogen) atoms. The highest BCUT2D eigenvalue weighted by atomic mass is 79.9. The van der Waals surface area contributed by atoms with E-state index in [1.807, 2.05) is 6.92 Å². The lowest BCUT2D eigenvalue weighted by atomic mass is 9.54. The maximum absolute atomic E-state index is 12.3. The molecule has 1 aliphatic heterocycles. The predicted octanol–water partition coefficient (Wildman–Crippen LogP) is 3.54. The lowest BCUT2D eigenvalue weighted by Gasteiger charge is -2.56. The molecule has 2 aliphatic rings. The van der Waals surface area contributed by atoms with Crippen LogP contribution in [0.4, 0.5) is 0 Å². The highest BCUT2D eigenvalue weighted by molar-refractivity contribution is 8.93. The number of halogens is 1. The first kappa shape index (κ1) is 17.5. The van der Waals surface area contributed by atoms with E-state index in [0.29, 0.717) is 13.0 Å². The van der Waals surface area contributed by atoms with Gasteiger partial charge >= 0.3 is 5.97 Å². The van der Waals surface area contributed by atoms with Gasteiger partial charge in [0.25, 0.3) is 0 Å². The molecular formula is C18H26BrNO2. The third-order valence-electron chi connectivity index (χ3n) is 5.53. The van der Waals surface area contributed by atoms with E-state index >= 15 is 0 Å². The Hall–Kier alpha value is -0.870. The zero-order valence-corrected chi connectivity index (χ0v) is 15.2. The van der Waals surface area contributed by atoms with E-state index in [1.54, 1.807) is 0 Å². The van der Waals surface area contributed by atoms with Crippen molar-refractivity contribution in [2.75, 3.05) is 13.2 Å². The minimum Gasteiger partial charge on any atom is -0.466 e. The van der Waals surface area contributed by atoms with Gasteiger partial charge in [0.1, 0.15) is 0 Å². The maximum Gasteiger partial charge on any atom is 0.306 e. The number of piperidine rings is 1. The van der Waals surface area contributed by atoms with Crippen molar-refractivity contribution in [1.82, 2.24) is 5.32 Å². The van der Waals surface area contributed by atoms with Crippen molar-refractivity contribution in [3.05, 3.63) is 35.4 Å². The number of rotatable bonds is 3. The fraction of sp³-hybridized carbons (Fsp3) is 0.611. The topological polar surface area (TPSA) is 38.3 Å². The fourth-order valence-corrected chi connectivity index (χ4v) is 4.39. The van der Waals surface area contributed by atoms with Gasteiger partial charge in [0.2, 0.25) is 0 Å². The molecule has 1 N–H and O–H groups in total. The van der Waals surface area contributed by atoms with Crippen molar-refractivity contribution < 1.29 is 9.53 Å². The van der Waals surface area contributed by atoms with Crippen LogP contribution in [0.1, 0.15) is 50.7 Å². The number of fused-ring (bicyclic) bond motifs is 3. The number of carbonyl (C=O) groups is 1. The molecule has 0 aromatic heterocycles. The number of hydrogen-bond donors (Lipinski definition) is 1. The summed E-state index contributed by atoms with van der Waals surface area (Å²) in [7, 11) is 0. The fourth-order valence-electron chi connectivity index (χ4n) is 4.39. The van der Waals surface area contributed by atoms with Crippen molar-refractivity contribution in [3.8, 4) is 0 Å². The summed E-state index contributed by atoms with van der Waals surface area (Å²) in [6, 6.07) is 8.65. The van der Waals surface area contributed by atoms with E-state index in [0.717, 1.165) is 32.2 Å². The number of ether oxygens (including phenoxy) is 1. The molecule has 0 bridgehead atoms. The second-order valence-electron chi connectivity index (χ2n) is 6.58. The van der Waals surface area contributed by atoms with Crippen molar-refractivity contribution in [1.29, 1.82) is 0 Å². The molecule has 2 atom stereocenters. The predicted molar refractivity (Wildman–Crippen MR) is 93.7 cm³/mol. The van der Waals surface area contributed by atoms with Crippen LogP contribution in [-0.2, 0) is 21.4 Å². The van der Waals surface area contributed by atoms with Gasteiger partial charge in [0, 0.05) is 11.0 Å². The van der Waals surface area contributed by atoms with Crippen LogP contribution in [0, 0.1) is 0 Å². The monoisotopic (exact) mass is 367 g/mol. The zero-order chi connectivity index (χ0) is 14.9. The SMILES string of the molecule is Br.CCOC(=O)CC12CCCNC1(C)CCc1ccccc12. The smallest absolute Gasteiger partial charge is 0.306 e. The van der Waals surface area contributed by atoms with E-state index < -0.39 is 0 Å². The number of carbonyl (C=O) groups excluding carboxylic acids is 1. The van der Waals surface area contributed by atoms with Crippen molar-refractivity contribution >= 4 is 23.0 Å².